The van der Waals surface area contributed by atoms with Crippen LogP contribution >= 0.6 is 36.6 Å². The van der Waals surface area contributed by atoms with Crippen LogP contribution in [0.25, 0.3) is 0 Å². The first-order valence-corrected chi connectivity index (χ1v) is 5.10. The van der Waals surface area contributed by atoms with Crippen LogP contribution in [-0.4, -0.2) is 33.3 Å². The maximum Gasteiger partial charge on any atom is 0.150 e. The van der Waals surface area contributed by atoms with E-state index in [2.05, 4.69) is 18.1 Å². The Labute approximate surface area is 80.2 Å². The van der Waals surface area contributed by atoms with Crippen LogP contribution in [0.4, 0.5) is 0 Å². The van der Waals surface area contributed by atoms with Crippen molar-refractivity contribution in [2.45, 2.75) is 10.8 Å². The number of hydrogen-bond acceptors (Lipinski definition) is 5. The molecular weight excluding hydrogens is 200 g/mol. The minimum absolute atomic E-state index is 0.145. The number of thioether (sulfide) groups is 1. The number of ether oxygens (including phenoxy) is 1. The van der Waals surface area contributed by atoms with E-state index in [0.29, 0.717) is 6.10 Å². The molecule has 2 aliphatic rings. The fourth-order valence-corrected chi connectivity index (χ4v) is 2.59. The molecule has 0 aromatic heterocycles. The molecule has 2 heterocycles. The van der Waals surface area contributed by atoms with Crippen LogP contribution < -0.4 is 5.43 Å². The lowest BCUT2D eigenvalue weighted by Gasteiger charge is -2.16. The summed E-state index contributed by atoms with van der Waals surface area (Å²) < 4.78 is 6.03. The summed E-state index contributed by atoms with van der Waals surface area (Å²) in [6.45, 7) is 1.75. The SMILES string of the molecule is S=C1NN(CC2CO2)C(S)S1. The maximum atomic E-state index is 5.09. The van der Waals surface area contributed by atoms with Gasteiger partial charge in [-0.15, -0.1) is 12.6 Å². The predicted molar refractivity (Wildman–Crippen MR) is 52.5 cm³/mol. The molecular formula is C5H8N2OS3. The van der Waals surface area contributed by atoms with E-state index in [9.17, 15) is 0 Å². The minimum atomic E-state index is 0.145. The van der Waals surface area contributed by atoms with Gasteiger partial charge in [-0.25, -0.2) is 0 Å². The number of thiol groups is 1. The van der Waals surface area contributed by atoms with Crippen LogP contribution in [0.5, 0.6) is 0 Å². The van der Waals surface area contributed by atoms with Crippen LogP contribution in [0.1, 0.15) is 0 Å². The molecule has 2 unspecified atom stereocenters. The Hall–Kier alpha value is 0.510. The molecule has 2 fully saturated rings. The summed E-state index contributed by atoms with van der Waals surface area (Å²) in [6, 6.07) is 0. The lowest BCUT2D eigenvalue weighted by Crippen LogP contribution is -2.38. The van der Waals surface area contributed by atoms with Crippen molar-refractivity contribution in [1.29, 1.82) is 0 Å². The van der Waals surface area contributed by atoms with E-state index in [1.54, 1.807) is 11.8 Å². The molecule has 11 heavy (non-hydrogen) atoms. The van der Waals surface area contributed by atoms with Gasteiger partial charge in [-0.1, -0.05) is 24.0 Å². The highest BCUT2D eigenvalue weighted by atomic mass is 32.2. The van der Waals surface area contributed by atoms with Gasteiger partial charge in [0.1, 0.15) is 4.71 Å². The molecule has 2 saturated heterocycles. The summed E-state index contributed by atoms with van der Waals surface area (Å²) in [5.41, 5.74) is 3.05. The van der Waals surface area contributed by atoms with Crippen molar-refractivity contribution in [2.24, 2.45) is 0 Å². The Kier molecular flexibility index (Phi) is 2.29. The van der Waals surface area contributed by atoms with Gasteiger partial charge in [0.05, 0.1) is 12.7 Å². The third-order valence-corrected chi connectivity index (χ3v) is 3.26. The molecule has 0 aromatic rings. The molecule has 2 aliphatic heterocycles. The monoisotopic (exact) mass is 208 g/mol. The predicted octanol–water partition coefficient (Wildman–Crippen LogP) is 0.437. The van der Waals surface area contributed by atoms with Crippen molar-refractivity contribution in [3.8, 4) is 0 Å². The van der Waals surface area contributed by atoms with Crippen LogP contribution in [0.3, 0.4) is 0 Å². The lowest BCUT2D eigenvalue weighted by molar-refractivity contribution is 0.242. The summed E-state index contributed by atoms with van der Waals surface area (Å²) in [7, 11) is 0. The molecule has 2 rings (SSSR count). The van der Waals surface area contributed by atoms with E-state index < -0.39 is 0 Å². The fraction of sp³-hybridized carbons (Fsp3) is 0.800. The van der Waals surface area contributed by atoms with E-state index >= 15 is 0 Å². The molecule has 0 amide bonds. The Morgan fingerprint density at radius 3 is 3.09 bits per heavy atom. The third kappa shape index (κ3) is 2.00. The molecule has 0 aliphatic carbocycles. The van der Waals surface area contributed by atoms with Crippen LogP contribution in [0, 0.1) is 0 Å². The first-order valence-electron chi connectivity index (χ1n) is 3.29. The average molecular weight is 208 g/mol. The van der Waals surface area contributed by atoms with Crippen molar-refractivity contribution in [3.05, 3.63) is 0 Å². The molecule has 6 heteroatoms. The normalized spacial score (nSPS) is 37.4. The summed E-state index contributed by atoms with van der Waals surface area (Å²) in [6.07, 6.45) is 0.388. The number of nitrogens with one attached hydrogen (secondary N) is 1. The standard InChI is InChI=1S/C5H8N2OS3/c9-4-6-7(5(10)11-4)1-3-2-8-3/h3,5,10H,1-2H2,(H,6,9). The smallest absolute Gasteiger partial charge is 0.150 e. The topological polar surface area (TPSA) is 27.8 Å². The first-order chi connectivity index (χ1) is 5.25. The van der Waals surface area contributed by atoms with E-state index in [-0.39, 0.29) is 4.71 Å². The number of thiocarbonyl (C=S) groups is 1. The molecule has 0 radical (unpaired) electrons. The highest BCUT2D eigenvalue weighted by Crippen LogP contribution is 2.26. The second-order valence-electron chi connectivity index (χ2n) is 2.45. The molecule has 2 atom stereocenters. The Bertz CT molecular complexity index is 185. The van der Waals surface area contributed by atoms with Gasteiger partial charge in [0.25, 0.3) is 0 Å². The Morgan fingerprint density at radius 2 is 2.64 bits per heavy atom. The minimum Gasteiger partial charge on any atom is -0.372 e. The molecule has 0 bridgehead atoms. The van der Waals surface area contributed by atoms with Gasteiger partial charge in [0.15, 0.2) is 4.32 Å². The Morgan fingerprint density at radius 1 is 1.91 bits per heavy atom. The van der Waals surface area contributed by atoms with Gasteiger partial charge in [0, 0.05) is 6.54 Å². The van der Waals surface area contributed by atoms with Crippen LogP contribution in [-0.2, 0) is 4.74 Å². The van der Waals surface area contributed by atoms with Gasteiger partial charge in [0.2, 0.25) is 0 Å². The molecule has 0 saturated carbocycles. The van der Waals surface area contributed by atoms with Gasteiger partial charge >= 0.3 is 0 Å². The lowest BCUT2D eigenvalue weighted by atomic mass is 10.5. The zero-order valence-corrected chi connectivity index (χ0v) is 8.22. The van der Waals surface area contributed by atoms with Gasteiger partial charge < -0.3 is 10.2 Å². The van der Waals surface area contributed by atoms with E-state index in [1.165, 1.54) is 0 Å². The summed E-state index contributed by atoms with van der Waals surface area (Å²) in [5.74, 6) is 0. The van der Waals surface area contributed by atoms with E-state index in [4.69, 9.17) is 17.0 Å². The van der Waals surface area contributed by atoms with Gasteiger partial charge in [-0.2, -0.15) is 5.01 Å². The van der Waals surface area contributed by atoms with Crippen LogP contribution in [0.15, 0.2) is 0 Å². The number of nitrogens with zero attached hydrogens (tertiary/aromatic N) is 1. The largest absolute Gasteiger partial charge is 0.372 e. The van der Waals surface area contributed by atoms with Crippen molar-refractivity contribution in [3.63, 3.8) is 0 Å². The number of hydrogen-bond donors (Lipinski definition) is 2. The summed E-state index contributed by atoms with van der Waals surface area (Å²) in [5, 5.41) is 1.99. The second-order valence-corrected chi connectivity index (χ2v) is 5.05. The second kappa shape index (κ2) is 3.10. The highest BCUT2D eigenvalue weighted by Gasteiger charge is 2.32. The third-order valence-electron chi connectivity index (χ3n) is 1.52. The molecule has 0 aromatic carbocycles. The van der Waals surface area contributed by atoms with Gasteiger partial charge in [-0.05, 0) is 0 Å². The molecule has 1 N–H and O–H groups in total. The van der Waals surface area contributed by atoms with Crippen molar-refractivity contribution in [2.75, 3.05) is 13.2 Å². The quantitative estimate of drug-likeness (QED) is 0.390. The van der Waals surface area contributed by atoms with Crippen LogP contribution in [0.2, 0.25) is 0 Å². The Balaban J connectivity index is 1.86. The molecule has 62 valence electrons. The molecule has 0 spiro atoms. The zero-order valence-electron chi connectivity index (χ0n) is 5.69. The number of rotatable bonds is 2. The average Bonchev–Trinajstić information content (AvgIpc) is 2.64. The van der Waals surface area contributed by atoms with Crippen molar-refractivity contribution < 1.29 is 4.74 Å². The first kappa shape index (κ1) is 8.12. The highest BCUT2D eigenvalue weighted by molar-refractivity contribution is 8.28. The van der Waals surface area contributed by atoms with E-state index in [1.807, 2.05) is 5.01 Å². The maximum absolute atomic E-state index is 5.09. The van der Waals surface area contributed by atoms with E-state index in [0.717, 1.165) is 17.5 Å². The van der Waals surface area contributed by atoms with Crippen molar-refractivity contribution in [1.82, 2.24) is 10.4 Å². The summed E-state index contributed by atoms with van der Waals surface area (Å²) in [4.78, 5) is 0. The van der Waals surface area contributed by atoms with Crippen molar-refractivity contribution >= 4 is 40.9 Å². The number of epoxide rings is 1. The number of hydrazine groups is 1. The zero-order chi connectivity index (χ0) is 7.84. The summed E-state index contributed by atoms with van der Waals surface area (Å²) >= 11 is 10.9. The molecule has 3 nitrogen and oxygen atoms in total. The fourth-order valence-electron chi connectivity index (χ4n) is 0.887. The van der Waals surface area contributed by atoms with Gasteiger partial charge in [-0.3, -0.25) is 0 Å².